The fourth-order valence-electron chi connectivity index (χ4n) is 1.33. The fraction of sp³-hybridized carbons (Fsp3) is 0.846. The van der Waals surface area contributed by atoms with Gasteiger partial charge in [0.1, 0.15) is 12.4 Å². The molecule has 112 valence electrons. The van der Waals surface area contributed by atoms with Crippen LogP contribution in [0.4, 0.5) is 0 Å². The highest BCUT2D eigenvalue weighted by Crippen LogP contribution is 1.97. The van der Waals surface area contributed by atoms with E-state index in [-0.39, 0.29) is 18.3 Å². The van der Waals surface area contributed by atoms with Gasteiger partial charge >= 0.3 is 0 Å². The predicted octanol–water partition coefficient (Wildman–Crippen LogP) is 1.26. The second kappa shape index (κ2) is 13.8. The molecule has 5 nitrogen and oxygen atoms in total. The van der Waals surface area contributed by atoms with Crippen LogP contribution in [0.2, 0.25) is 0 Å². The molecule has 0 aliphatic carbocycles. The summed E-state index contributed by atoms with van der Waals surface area (Å²) in [6.07, 6.45) is 4.09. The van der Waals surface area contributed by atoms with Crippen molar-refractivity contribution in [2.24, 2.45) is 0 Å². The van der Waals surface area contributed by atoms with Gasteiger partial charge in [-0.2, -0.15) is 11.8 Å². The third-order valence-electron chi connectivity index (χ3n) is 2.21. The van der Waals surface area contributed by atoms with Gasteiger partial charge in [0.2, 0.25) is 5.91 Å². The van der Waals surface area contributed by atoms with Crippen LogP contribution in [0, 0.1) is 0 Å². The number of thioether (sulfide) groups is 1. The Hall–Kier alpha value is -0.590. The summed E-state index contributed by atoms with van der Waals surface area (Å²) in [7, 11) is 0. The number of amides is 1. The Kier molecular flexibility index (Phi) is 13.4. The van der Waals surface area contributed by atoms with E-state index in [4.69, 9.17) is 9.47 Å². The Labute approximate surface area is 119 Å². The number of rotatable bonds is 13. The summed E-state index contributed by atoms with van der Waals surface area (Å²) >= 11 is 1.52. The van der Waals surface area contributed by atoms with E-state index in [0.717, 1.165) is 13.0 Å². The maximum absolute atomic E-state index is 11.3. The highest BCUT2D eigenvalue weighted by atomic mass is 32.2. The van der Waals surface area contributed by atoms with Crippen molar-refractivity contribution < 1.29 is 19.1 Å². The number of ketones is 1. The second-order valence-electron chi connectivity index (χ2n) is 4.09. The average molecular weight is 291 g/mol. The van der Waals surface area contributed by atoms with Crippen molar-refractivity contribution >= 4 is 23.5 Å². The minimum absolute atomic E-state index is 0.0498. The van der Waals surface area contributed by atoms with Gasteiger partial charge in [-0.15, -0.1) is 0 Å². The molecule has 0 aliphatic rings. The van der Waals surface area contributed by atoms with Gasteiger partial charge in [-0.25, -0.2) is 0 Å². The van der Waals surface area contributed by atoms with Crippen molar-refractivity contribution in [1.29, 1.82) is 0 Å². The molecule has 0 atom stereocenters. The molecule has 0 bridgehead atoms. The standard InChI is InChI=1S/C13H25NO4S/c1-3-7-17-8-9-18-10-13(16)14-6-4-5-12(15)11-19-2/h3-11H2,1-2H3,(H,14,16). The first kappa shape index (κ1) is 18.4. The Morgan fingerprint density at radius 1 is 1.16 bits per heavy atom. The van der Waals surface area contributed by atoms with E-state index in [0.29, 0.717) is 38.4 Å². The lowest BCUT2D eigenvalue weighted by Crippen LogP contribution is -2.29. The molecule has 0 unspecified atom stereocenters. The molecule has 1 amide bonds. The van der Waals surface area contributed by atoms with Crippen molar-refractivity contribution in [2.45, 2.75) is 26.2 Å². The number of ether oxygens (including phenoxy) is 2. The smallest absolute Gasteiger partial charge is 0.245 e. The van der Waals surface area contributed by atoms with Crippen LogP contribution in [0.15, 0.2) is 0 Å². The molecule has 19 heavy (non-hydrogen) atoms. The van der Waals surface area contributed by atoms with Crippen molar-refractivity contribution in [3.8, 4) is 0 Å². The highest BCUT2D eigenvalue weighted by Gasteiger charge is 2.03. The fourth-order valence-corrected chi connectivity index (χ4v) is 1.79. The summed E-state index contributed by atoms with van der Waals surface area (Å²) in [5.41, 5.74) is 0. The molecule has 0 aromatic heterocycles. The minimum Gasteiger partial charge on any atom is -0.379 e. The molecule has 0 heterocycles. The molecule has 0 radical (unpaired) electrons. The number of hydrogen-bond donors (Lipinski definition) is 1. The van der Waals surface area contributed by atoms with Gasteiger partial charge < -0.3 is 14.8 Å². The van der Waals surface area contributed by atoms with Crippen LogP contribution < -0.4 is 5.32 Å². The Morgan fingerprint density at radius 2 is 1.89 bits per heavy atom. The van der Waals surface area contributed by atoms with E-state index in [9.17, 15) is 9.59 Å². The SMILES string of the molecule is CCCOCCOCC(=O)NCCCC(=O)CSC. The molecular weight excluding hydrogens is 266 g/mol. The summed E-state index contributed by atoms with van der Waals surface area (Å²) in [6, 6.07) is 0. The zero-order valence-electron chi connectivity index (χ0n) is 11.9. The first-order valence-electron chi connectivity index (χ1n) is 6.63. The van der Waals surface area contributed by atoms with Crippen molar-refractivity contribution in [1.82, 2.24) is 5.32 Å². The topological polar surface area (TPSA) is 64.6 Å². The third kappa shape index (κ3) is 13.6. The number of nitrogens with one attached hydrogen (secondary N) is 1. The summed E-state index contributed by atoms with van der Waals surface area (Å²) in [5.74, 6) is 0.633. The lowest BCUT2D eigenvalue weighted by Gasteiger charge is -2.06. The van der Waals surface area contributed by atoms with Gasteiger partial charge in [0.15, 0.2) is 0 Å². The predicted molar refractivity (Wildman–Crippen MR) is 77.6 cm³/mol. The van der Waals surface area contributed by atoms with Crippen LogP contribution in [-0.4, -0.2) is 56.7 Å². The molecular formula is C13H25NO4S. The molecule has 1 N–H and O–H groups in total. The monoisotopic (exact) mass is 291 g/mol. The van der Waals surface area contributed by atoms with Gasteiger partial charge in [0, 0.05) is 19.6 Å². The van der Waals surface area contributed by atoms with Crippen LogP contribution in [0.5, 0.6) is 0 Å². The Bertz CT molecular complexity index is 249. The molecule has 0 saturated heterocycles. The first-order chi connectivity index (χ1) is 9.20. The average Bonchev–Trinajstić information content (AvgIpc) is 2.39. The zero-order chi connectivity index (χ0) is 14.3. The molecule has 6 heteroatoms. The van der Waals surface area contributed by atoms with Crippen LogP contribution in [0.3, 0.4) is 0 Å². The zero-order valence-corrected chi connectivity index (χ0v) is 12.7. The normalized spacial score (nSPS) is 10.4. The van der Waals surface area contributed by atoms with E-state index in [1.807, 2.05) is 13.2 Å². The van der Waals surface area contributed by atoms with E-state index < -0.39 is 0 Å². The van der Waals surface area contributed by atoms with E-state index >= 15 is 0 Å². The molecule has 0 aliphatic heterocycles. The van der Waals surface area contributed by atoms with Gasteiger partial charge in [-0.3, -0.25) is 9.59 Å². The molecule has 0 fully saturated rings. The summed E-state index contributed by atoms with van der Waals surface area (Å²) in [4.78, 5) is 22.5. The molecule has 0 spiro atoms. The lowest BCUT2D eigenvalue weighted by atomic mass is 10.2. The van der Waals surface area contributed by atoms with Crippen LogP contribution in [0.25, 0.3) is 0 Å². The summed E-state index contributed by atoms with van der Waals surface area (Å²) < 4.78 is 10.4. The Morgan fingerprint density at radius 3 is 2.58 bits per heavy atom. The maximum atomic E-state index is 11.3. The van der Waals surface area contributed by atoms with E-state index in [2.05, 4.69) is 5.32 Å². The van der Waals surface area contributed by atoms with Crippen molar-refractivity contribution in [2.75, 3.05) is 45.0 Å². The molecule has 0 aromatic carbocycles. The molecule has 0 rings (SSSR count). The van der Waals surface area contributed by atoms with Gasteiger partial charge in [0.25, 0.3) is 0 Å². The van der Waals surface area contributed by atoms with E-state index in [1.54, 1.807) is 0 Å². The lowest BCUT2D eigenvalue weighted by molar-refractivity contribution is -0.126. The van der Waals surface area contributed by atoms with Crippen LogP contribution in [0.1, 0.15) is 26.2 Å². The van der Waals surface area contributed by atoms with E-state index in [1.165, 1.54) is 11.8 Å². The van der Waals surface area contributed by atoms with Gasteiger partial charge in [-0.1, -0.05) is 6.92 Å². The summed E-state index contributed by atoms with van der Waals surface area (Å²) in [5, 5.41) is 2.72. The van der Waals surface area contributed by atoms with Crippen molar-refractivity contribution in [3.63, 3.8) is 0 Å². The largest absolute Gasteiger partial charge is 0.379 e. The quantitative estimate of drug-likeness (QED) is 0.518. The second-order valence-corrected chi connectivity index (χ2v) is 4.96. The van der Waals surface area contributed by atoms with Crippen LogP contribution >= 0.6 is 11.8 Å². The number of hydrogen-bond acceptors (Lipinski definition) is 5. The molecule has 0 saturated carbocycles. The minimum atomic E-state index is -0.146. The maximum Gasteiger partial charge on any atom is 0.245 e. The highest BCUT2D eigenvalue weighted by molar-refractivity contribution is 7.99. The van der Waals surface area contributed by atoms with Crippen LogP contribution in [-0.2, 0) is 19.1 Å². The number of carbonyl (C=O) groups excluding carboxylic acids is 2. The third-order valence-corrected chi connectivity index (χ3v) is 2.82. The summed E-state index contributed by atoms with van der Waals surface area (Å²) in [6.45, 7) is 4.28. The number of carbonyl (C=O) groups is 2. The Balaban J connectivity index is 3.28. The number of Topliss-reactive ketones (excluding diaryl/α,β-unsaturated/α-hetero) is 1. The first-order valence-corrected chi connectivity index (χ1v) is 8.03. The van der Waals surface area contributed by atoms with Gasteiger partial charge in [-0.05, 0) is 19.1 Å². The van der Waals surface area contributed by atoms with Gasteiger partial charge in [0.05, 0.1) is 19.0 Å². The van der Waals surface area contributed by atoms with Crippen molar-refractivity contribution in [3.05, 3.63) is 0 Å². The molecule has 0 aromatic rings.